The van der Waals surface area contributed by atoms with E-state index in [1.54, 1.807) is 12.1 Å². The molecule has 0 aromatic heterocycles. The quantitative estimate of drug-likeness (QED) is 0.676. The Morgan fingerprint density at radius 2 is 1.97 bits per heavy atom. The molecule has 2 aliphatic rings. The second-order valence-electron chi connectivity index (χ2n) is 8.74. The number of hydrogen-bond acceptors (Lipinski definition) is 4. The summed E-state index contributed by atoms with van der Waals surface area (Å²) in [6.07, 6.45) is 7.94. The lowest BCUT2D eigenvalue weighted by Crippen LogP contribution is -2.29. The lowest BCUT2D eigenvalue weighted by atomic mass is 9.86. The Bertz CT molecular complexity index is 1010. The maximum absolute atomic E-state index is 10.3. The number of hydrogen-bond donors (Lipinski definition) is 2. The first-order valence-electron chi connectivity index (χ1n) is 10.1. The Morgan fingerprint density at radius 1 is 1.17 bits per heavy atom. The highest BCUT2D eigenvalue weighted by Crippen LogP contribution is 2.46. The molecule has 2 aromatic rings. The van der Waals surface area contributed by atoms with Crippen molar-refractivity contribution in [3.63, 3.8) is 0 Å². The lowest BCUT2D eigenvalue weighted by Gasteiger charge is -2.34. The molecule has 4 rings (SSSR count). The van der Waals surface area contributed by atoms with Gasteiger partial charge in [0.15, 0.2) is 0 Å². The zero-order chi connectivity index (χ0) is 20.8. The SMILES string of the molecule is CC(C)=CCc1c2c(cc3c1OC[C@@H](c1ccc(O)cc1O)C3)C=CC(C)(C)O2. The third-order valence-electron chi connectivity index (χ3n) is 5.52. The van der Waals surface area contributed by atoms with Crippen molar-refractivity contribution in [3.05, 3.63) is 64.2 Å². The molecule has 0 fully saturated rings. The topological polar surface area (TPSA) is 58.9 Å². The molecule has 1 atom stereocenters. The first-order chi connectivity index (χ1) is 13.7. The van der Waals surface area contributed by atoms with E-state index >= 15 is 0 Å². The molecular weight excluding hydrogens is 364 g/mol. The smallest absolute Gasteiger partial charge is 0.135 e. The van der Waals surface area contributed by atoms with Gasteiger partial charge in [-0.2, -0.15) is 0 Å². The van der Waals surface area contributed by atoms with Gasteiger partial charge in [-0.1, -0.05) is 23.8 Å². The molecule has 0 spiro atoms. The summed E-state index contributed by atoms with van der Waals surface area (Å²) in [4.78, 5) is 0. The number of allylic oxidation sites excluding steroid dienone is 2. The number of fused-ring (bicyclic) bond motifs is 2. The van der Waals surface area contributed by atoms with E-state index in [1.807, 2.05) is 0 Å². The Balaban J connectivity index is 1.77. The molecule has 0 bridgehead atoms. The van der Waals surface area contributed by atoms with E-state index in [1.165, 1.54) is 11.6 Å². The first kappa shape index (κ1) is 19.4. The van der Waals surface area contributed by atoms with E-state index in [2.05, 4.69) is 52.0 Å². The second kappa shape index (κ2) is 7.18. The van der Waals surface area contributed by atoms with Crippen molar-refractivity contribution in [2.75, 3.05) is 6.61 Å². The summed E-state index contributed by atoms with van der Waals surface area (Å²) in [7, 11) is 0. The largest absolute Gasteiger partial charge is 0.508 e. The summed E-state index contributed by atoms with van der Waals surface area (Å²) in [5, 5.41) is 19.9. The van der Waals surface area contributed by atoms with E-state index in [-0.39, 0.29) is 23.0 Å². The van der Waals surface area contributed by atoms with Crippen LogP contribution in [0.25, 0.3) is 6.08 Å². The Labute approximate surface area is 172 Å². The number of ether oxygens (including phenoxy) is 2. The van der Waals surface area contributed by atoms with E-state index < -0.39 is 0 Å². The molecule has 0 amide bonds. The fourth-order valence-corrected chi connectivity index (χ4v) is 4.03. The molecule has 2 N–H and O–H groups in total. The summed E-state index contributed by atoms with van der Waals surface area (Å²) in [6, 6.07) is 6.91. The monoisotopic (exact) mass is 392 g/mol. The van der Waals surface area contributed by atoms with Crippen molar-refractivity contribution in [2.45, 2.75) is 52.1 Å². The van der Waals surface area contributed by atoms with Crippen LogP contribution in [0.1, 0.15) is 55.9 Å². The summed E-state index contributed by atoms with van der Waals surface area (Å²) in [5.74, 6) is 2.00. The van der Waals surface area contributed by atoms with Gasteiger partial charge in [0.1, 0.15) is 28.6 Å². The third kappa shape index (κ3) is 3.84. The van der Waals surface area contributed by atoms with Crippen LogP contribution in [-0.2, 0) is 12.8 Å². The standard InChI is InChI=1S/C25H28O4/c1-15(2)5-7-21-23-17(11-16-9-10-25(3,4)29-24(16)21)12-18(14-28-23)20-8-6-19(26)13-22(20)27/h5-6,8-11,13,18,26-27H,7,12,14H2,1-4H3/t18-/m0/s1. The van der Waals surface area contributed by atoms with Crippen LogP contribution in [-0.4, -0.2) is 22.4 Å². The van der Waals surface area contributed by atoms with Gasteiger partial charge in [-0.05, 0) is 64.3 Å². The van der Waals surface area contributed by atoms with Crippen LogP contribution in [0.3, 0.4) is 0 Å². The molecule has 29 heavy (non-hydrogen) atoms. The molecule has 152 valence electrons. The van der Waals surface area contributed by atoms with Gasteiger partial charge in [-0.15, -0.1) is 0 Å². The number of phenolic OH excluding ortho intramolecular Hbond substituents is 2. The molecule has 0 saturated carbocycles. The van der Waals surface area contributed by atoms with Crippen molar-refractivity contribution in [2.24, 2.45) is 0 Å². The van der Waals surface area contributed by atoms with Crippen LogP contribution in [0.2, 0.25) is 0 Å². The molecule has 2 aromatic carbocycles. The Kier molecular flexibility index (Phi) is 4.81. The molecular formula is C25H28O4. The minimum absolute atomic E-state index is 0.0300. The maximum Gasteiger partial charge on any atom is 0.135 e. The molecule has 0 saturated heterocycles. The number of rotatable bonds is 3. The minimum Gasteiger partial charge on any atom is -0.508 e. The van der Waals surface area contributed by atoms with Gasteiger partial charge >= 0.3 is 0 Å². The van der Waals surface area contributed by atoms with Crippen molar-refractivity contribution >= 4 is 6.08 Å². The zero-order valence-electron chi connectivity index (χ0n) is 17.5. The number of aromatic hydroxyl groups is 2. The second-order valence-corrected chi connectivity index (χ2v) is 8.74. The third-order valence-corrected chi connectivity index (χ3v) is 5.52. The molecule has 0 unspecified atom stereocenters. The Hall–Kier alpha value is -2.88. The van der Waals surface area contributed by atoms with Gasteiger partial charge in [0.2, 0.25) is 0 Å². The van der Waals surface area contributed by atoms with Crippen LogP contribution in [0.15, 0.2) is 42.0 Å². The van der Waals surface area contributed by atoms with Crippen molar-refractivity contribution in [1.29, 1.82) is 0 Å². The summed E-state index contributed by atoms with van der Waals surface area (Å²) in [5.41, 5.74) is 4.98. The zero-order valence-corrected chi connectivity index (χ0v) is 17.5. The minimum atomic E-state index is -0.351. The fraction of sp³-hybridized carbons (Fsp3) is 0.360. The van der Waals surface area contributed by atoms with Crippen LogP contribution in [0, 0.1) is 0 Å². The van der Waals surface area contributed by atoms with Gasteiger partial charge in [-0.25, -0.2) is 0 Å². The molecule has 2 aliphatic heterocycles. The average molecular weight is 392 g/mol. The van der Waals surface area contributed by atoms with Crippen LogP contribution >= 0.6 is 0 Å². The van der Waals surface area contributed by atoms with Gasteiger partial charge in [0.25, 0.3) is 0 Å². The molecule has 4 heteroatoms. The lowest BCUT2D eigenvalue weighted by molar-refractivity contribution is 0.155. The number of benzene rings is 2. The molecule has 4 nitrogen and oxygen atoms in total. The summed E-state index contributed by atoms with van der Waals surface area (Å²) >= 11 is 0. The normalized spacial score (nSPS) is 18.8. The Morgan fingerprint density at radius 3 is 2.69 bits per heavy atom. The first-order valence-corrected chi connectivity index (χ1v) is 10.1. The average Bonchev–Trinajstić information content (AvgIpc) is 2.64. The van der Waals surface area contributed by atoms with E-state index in [0.29, 0.717) is 6.61 Å². The van der Waals surface area contributed by atoms with E-state index in [0.717, 1.165) is 46.6 Å². The predicted molar refractivity (Wildman–Crippen MR) is 115 cm³/mol. The van der Waals surface area contributed by atoms with E-state index in [9.17, 15) is 10.2 Å². The van der Waals surface area contributed by atoms with E-state index in [4.69, 9.17) is 9.47 Å². The van der Waals surface area contributed by atoms with Crippen LogP contribution in [0.4, 0.5) is 0 Å². The van der Waals surface area contributed by atoms with Gasteiger partial charge in [0.05, 0.1) is 6.61 Å². The highest BCUT2D eigenvalue weighted by Gasteiger charge is 2.31. The summed E-state index contributed by atoms with van der Waals surface area (Å²) < 4.78 is 12.6. The maximum atomic E-state index is 10.3. The summed E-state index contributed by atoms with van der Waals surface area (Å²) in [6.45, 7) is 8.78. The van der Waals surface area contributed by atoms with Crippen molar-refractivity contribution in [3.8, 4) is 23.0 Å². The van der Waals surface area contributed by atoms with Gasteiger partial charge < -0.3 is 19.7 Å². The highest BCUT2D eigenvalue weighted by molar-refractivity contribution is 5.69. The van der Waals surface area contributed by atoms with Gasteiger partial charge in [-0.3, -0.25) is 0 Å². The molecule has 0 radical (unpaired) electrons. The van der Waals surface area contributed by atoms with Gasteiger partial charge in [0, 0.05) is 28.7 Å². The predicted octanol–water partition coefficient (Wildman–Crippen LogP) is 5.51. The fourth-order valence-electron chi connectivity index (χ4n) is 4.03. The van der Waals surface area contributed by atoms with Crippen LogP contribution in [0.5, 0.6) is 23.0 Å². The van der Waals surface area contributed by atoms with Crippen LogP contribution < -0.4 is 9.47 Å². The van der Waals surface area contributed by atoms with Crippen molar-refractivity contribution in [1.82, 2.24) is 0 Å². The molecule has 2 heterocycles. The number of phenols is 2. The van der Waals surface area contributed by atoms with Crippen molar-refractivity contribution < 1.29 is 19.7 Å². The molecule has 0 aliphatic carbocycles. The highest BCUT2D eigenvalue weighted by atomic mass is 16.5.